The van der Waals surface area contributed by atoms with Crippen molar-refractivity contribution in [1.29, 1.82) is 0 Å². The molecular weight excluding hydrogens is 275 g/mol. The molecule has 2 aromatic carbocycles. The van der Waals surface area contributed by atoms with E-state index < -0.39 is 23.5 Å². The van der Waals surface area contributed by atoms with Gasteiger partial charge in [0.2, 0.25) is 0 Å². The molecule has 2 rings (SSSR count). The van der Waals surface area contributed by atoms with Crippen molar-refractivity contribution in [2.75, 3.05) is 5.32 Å². The van der Waals surface area contributed by atoms with Crippen molar-refractivity contribution in [1.82, 2.24) is 0 Å². The van der Waals surface area contributed by atoms with Gasteiger partial charge in [-0.25, -0.2) is 13.2 Å². The van der Waals surface area contributed by atoms with E-state index in [1.807, 2.05) is 0 Å². The van der Waals surface area contributed by atoms with E-state index in [1.165, 1.54) is 30.3 Å². The second kappa shape index (κ2) is 5.53. The average molecular weight is 286 g/mol. The highest BCUT2D eigenvalue weighted by Crippen LogP contribution is 2.29. The Kier molecular flexibility index (Phi) is 4.00. The lowest BCUT2D eigenvalue weighted by Crippen LogP contribution is -2.09. The molecule has 0 aliphatic rings. The Hall–Kier alpha value is -1.68. The zero-order valence-corrected chi connectivity index (χ0v) is 10.8. The van der Waals surface area contributed by atoms with Gasteiger partial charge in [-0.2, -0.15) is 0 Å². The molecule has 5 heteroatoms. The maximum Gasteiger partial charge on any atom is 0.147 e. The lowest BCUT2D eigenvalue weighted by atomic mass is 10.1. The van der Waals surface area contributed by atoms with Crippen molar-refractivity contribution in [2.24, 2.45) is 0 Å². The first-order valence-electron chi connectivity index (χ1n) is 5.64. The van der Waals surface area contributed by atoms with Crippen LogP contribution in [0.25, 0.3) is 0 Å². The lowest BCUT2D eigenvalue weighted by molar-refractivity contribution is 0.577. The van der Waals surface area contributed by atoms with Gasteiger partial charge in [0, 0.05) is 12.1 Å². The number of hydrogen-bond acceptors (Lipinski definition) is 1. The van der Waals surface area contributed by atoms with Crippen molar-refractivity contribution >= 4 is 17.3 Å². The molecule has 0 saturated heterocycles. The number of anilines is 1. The van der Waals surface area contributed by atoms with Crippen molar-refractivity contribution in [3.63, 3.8) is 0 Å². The highest BCUT2D eigenvalue weighted by molar-refractivity contribution is 6.33. The largest absolute Gasteiger partial charge is 0.375 e. The van der Waals surface area contributed by atoms with Crippen LogP contribution in [0, 0.1) is 17.5 Å². The first kappa shape index (κ1) is 13.7. The molecule has 1 unspecified atom stereocenters. The average Bonchev–Trinajstić information content (AvgIpc) is 2.32. The van der Waals surface area contributed by atoms with Crippen LogP contribution in [-0.4, -0.2) is 0 Å². The van der Waals surface area contributed by atoms with Crippen LogP contribution in [0.15, 0.2) is 36.4 Å². The van der Waals surface area contributed by atoms with E-state index in [9.17, 15) is 13.2 Å². The summed E-state index contributed by atoms with van der Waals surface area (Å²) < 4.78 is 39.8. The molecule has 1 atom stereocenters. The molecule has 100 valence electrons. The number of benzene rings is 2. The van der Waals surface area contributed by atoms with Crippen LogP contribution in [-0.2, 0) is 0 Å². The Balaban J connectivity index is 2.28. The zero-order chi connectivity index (χ0) is 14.0. The number of rotatable bonds is 3. The molecule has 1 nitrogen and oxygen atoms in total. The fourth-order valence-corrected chi connectivity index (χ4v) is 1.98. The highest BCUT2D eigenvalue weighted by atomic mass is 35.5. The maximum atomic E-state index is 13.6. The molecular formula is C14H11ClF3N. The summed E-state index contributed by atoms with van der Waals surface area (Å²) >= 11 is 5.87. The predicted octanol–water partition coefficient (Wildman–Crippen LogP) is 4.93. The number of hydrogen-bond donors (Lipinski definition) is 1. The van der Waals surface area contributed by atoms with Gasteiger partial charge in [0.1, 0.15) is 17.5 Å². The number of para-hydroxylation sites is 1. The Bertz CT molecular complexity index is 561. The topological polar surface area (TPSA) is 12.0 Å². The second-order valence-electron chi connectivity index (χ2n) is 4.17. The Labute approximate surface area is 114 Å². The second-order valence-corrected chi connectivity index (χ2v) is 4.57. The van der Waals surface area contributed by atoms with Gasteiger partial charge in [-0.05, 0) is 36.8 Å². The summed E-state index contributed by atoms with van der Waals surface area (Å²) in [5.74, 6) is -1.87. The minimum Gasteiger partial charge on any atom is -0.375 e. The molecule has 0 heterocycles. The fourth-order valence-electron chi connectivity index (χ4n) is 1.76. The van der Waals surface area contributed by atoms with Gasteiger partial charge >= 0.3 is 0 Å². The van der Waals surface area contributed by atoms with Crippen molar-refractivity contribution in [3.05, 3.63) is 64.4 Å². The third-order valence-corrected chi connectivity index (χ3v) is 3.02. The Morgan fingerprint density at radius 3 is 2.26 bits per heavy atom. The third kappa shape index (κ3) is 3.20. The van der Waals surface area contributed by atoms with Crippen molar-refractivity contribution in [3.8, 4) is 0 Å². The van der Waals surface area contributed by atoms with Crippen LogP contribution in [0.2, 0.25) is 5.02 Å². The first-order chi connectivity index (χ1) is 8.97. The Morgan fingerprint density at radius 2 is 1.68 bits per heavy atom. The van der Waals surface area contributed by atoms with Crippen molar-refractivity contribution < 1.29 is 13.2 Å². The van der Waals surface area contributed by atoms with Crippen LogP contribution < -0.4 is 5.32 Å². The lowest BCUT2D eigenvalue weighted by Gasteiger charge is -2.17. The molecule has 0 bridgehead atoms. The van der Waals surface area contributed by atoms with Gasteiger partial charge in [-0.1, -0.05) is 17.7 Å². The fraction of sp³-hybridized carbons (Fsp3) is 0.143. The van der Waals surface area contributed by atoms with Gasteiger partial charge in [0.05, 0.1) is 10.7 Å². The summed E-state index contributed by atoms with van der Waals surface area (Å²) in [6, 6.07) is 6.95. The van der Waals surface area contributed by atoms with Crippen LogP contribution in [0.3, 0.4) is 0 Å². The molecule has 2 aromatic rings. The molecule has 0 aromatic heterocycles. The predicted molar refractivity (Wildman–Crippen MR) is 69.8 cm³/mol. The number of halogens is 4. The first-order valence-corrected chi connectivity index (χ1v) is 6.01. The Morgan fingerprint density at radius 1 is 1.05 bits per heavy atom. The molecule has 0 saturated carbocycles. The standard InChI is InChI=1S/C14H11ClF3N/c1-8(9-5-10(16)7-11(17)6-9)19-14-12(15)3-2-4-13(14)18/h2-8,19H,1H3. The maximum absolute atomic E-state index is 13.6. The normalized spacial score (nSPS) is 12.3. The monoisotopic (exact) mass is 285 g/mol. The summed E-state index contributed by atoms with van der Waals surface area (Å²) in [5, 5.41) is 3.02. The van der Waals surface area contributed by atoms with Crippen LogP contribution in [0.5, 0.6) is 0 Å². The van der Waals surface area contributed by atoms with Gasteiger partial charge in [0.15, 0.2) is 0 Å². The smallest absolute Gasteiger partial charge is 0.147 e. The minimum atomic E-state index is -0.678. The summed E-state index contributed by atoms with van der Waals surface area (Å²) in [6.07, 6.45) is 0. The molecule has 0 spiro atoms. The van der Waals surface area contributed by atoms with E-state index >= 15 is 0 Å². The van der Waals surface area contributed by atoms with Gasteiger partial charge in [0.25, 0.3) is 0 Å². The van der Waals surface area contributed by atoms with Gasteiger partial charge in [-0.15, -0.1) is 0 Å². The van der Waals surface area contributed by atoms with E-state index in [0.29, 0.717) is 5.56 Å². The van der Waals surface area contributed by atoms with E-state index in [1.54, 1.807) is 6.92 Å². The molecule has 19 heavy (non-hydrogen) atoms. The van der Waals surface area contributed by atoms with E-state index in [-0.39, 0.29) is 10.7 Å². The van der Waals surface area contributed by atoms with Gasteiger partial charge < -0.3 is 5.32 Å². The highest BCUT2D eigenvalue weighted by Gasteiger charge is 2.13. The van der Waals surface area contributed by atoms with Gasteiger partial charge in [-0.3, -0.25) is 0 Å². The zero-order valence-electron chi connectivity index (χ0n) is 10.1. The molecule has 0 aliphatic carbocycles. The molecule has 0 aliphatic heterocycles. The van der Waals surface area contributed by atoms with Crippen LogP contribution in [0.1, 0.15) is 18.5 Å². The van der Waals surface area contributed by atoms with E-state index in [2.05, 4.69) is 5.32 Å². The summed E-state index contributed by atoms with van der Waals surface area (Å²) in [7, 11) is 0. The van der Waals surface area contributed by atoms with Crippen LogP contribution in [0.4, 0.5) is 18.9 Å². The molecule has 0 amide bonds. The summed E-state index contributed by atoms with van der Waals surface area (Å²) in [6.45, 7) is 1.66. The SMILES string of the molecule is CC(Nc1c(F)cccc1Cl)c1cc(F)cc(F)c1. The minimum absolute atomic E-state index is 0.112. The molecule has 0 radical (unpaired) electrons. The third-order valence-electron chi connectivity index (χ3n) is 2.71. The summed E-state index contributed by atoms with van der Waals surface area (Å²) in [4.78, 5) is 0. The molecule has 0 fully saturated rings. The molecule has 1 N–H and O–H groups in total. The van der Waals surface area contributed by atoms with Crippen LogP contribution >= 0.6 is 11.6 Å². The van der Waals surface area contributed by atoms with E-state index in [4.69, 9.17) is 11.6 Å². The van der Waals surface area contributed by atoms with E-state index in [0.717, 1.165) is 6.07 Å². The number of nitrogens with one attached hydrogen (secondary N) is 1. The quantitative estimate of drug-likeness (QED) is 0.843. The van der Waals surface area contributed by atoms with Crippen molar-refractivity contribution in [2.45, 2.75) is 13.0 Å². The summed E-state index contributed by atoms with van der Waals surface area (Å²) in [5.41, 5.74) is 0.484.